The van der Waals surface area contributed by atoms with E-state index in [-0.39, 0.29) is 5.82 Å². The highest BCUT2D eigenvalue weighted by Crippen LogP contribution is 2.47. The first-order valence-electron chi connectivity index (χ1n) is 9.37. The van der Waals surface area contributed by atoms with Gasteiger partial charge in [0, 0.05) is 12.1 Å². The molecular weight excluding hydrogens is 329 g/mol. The Bertz CT molecular complexity index is 725. The largest absolute Gasteiger partial charge is 0.497 e. The van der Waals surface area contributed by atoms with Crippen molar-refractivity contribution in [3.05, 3.63) is 59.9 Å². The molecule has 0 aromatic heterocycles. The van der Waals surface area contributed by atoms with E-state index in [2.05, 4.69) is 24.1 Å². The summed E-state index contributed by atoms with van der Waals surface area (Å²) in [6.07, 6.45) is 3.65. The molecule has 0 spiro atoms. The highest BCUT2D eigenvalue weighted by atomic mass is 19.1. The molecule has 2 saturated heterocycles. The van der Waals surface area contributed by atoms with Gasteiger partial charge in [0.05, 0.1) is 7.11 Å². The molecule has 2 bridgehead atoms. The third kappa shape index (κ3) is 3.43. The van der Waals surface area contributed by atoms with Crippen LogP contribution in [0.3, 0.4) is 0 Å². The van der Waals surface area contributed by atoms with Crippen LogP contribution in [0.5, 0.6) is 11.5 Å². The predicted molar refractivity (Wildman–Crippen MR) is 100 cm³/mol. The topological polar surface area (TPSA) is 21.7 Å². The molecule has 138 valence electrons. The van der Waals surface area contributed by atoms with Gasteiger partial charge in [0.15, 0.2) is 0 Å². The Morgan fingerprint density at radius 1 is 1.00 bits per heavy atom. The van der Waals surface area contributed by atoms with Crippen LogP contribution in [0.4, 0.5) is 4.39 Å². The minimum atomic E-state index is -0.231. The number of benzene rings is 2. The zero-order valence-corrected chi connectivity index (χ0v) is 15.4. The summed E-state index contributed by atoms with van der Waals surface area (Å²) in [7, 11) is 3.92. The Hall–Kier alpha value is -2.07. The van der Waals surface area contributed by atoms with Crippen LogP contribution in [0, 0.1) is 17.7 Å². The van der Waals surface area contributed by atoms with E-state index < -0.39 is 0 Å². The SMILES string of the molecule is COc1ccc(C[C@H]2C3CC(C3)N(C)[C@@H]2COc2ccc(F)cc2)cc1. The summed E-state index contributed by atoms with van der Waals surface area (Å²) in [5, 5.41) is 0. The zero-order chi connectivity index (χ0) is 18.1. The molecule has 0 amide bonds. The number of hydrogen-bond donors (Lipinski definition) is 0. The van der Waals surface area contributed by atoms with E-state index in [9.17, 15) is 4.39 Å². The van der Waals surface area contributed by atoms with Crippen molar-refractivity contribution in [3.8, 4) is 11.5 Å². The fraction of sp³-hybridized carbons (Fsp3) is 0.455. The summed E-state index contributed by atoms with van der Waals surface area (Å²) < 4.78 is 24.4. The van der Waals surface area contributed by atoms with Gasteiger partial charge < -0.3 is 9.47 Å². The van der Waals surface area contributed by atoms with E-state index in [1.165, 1.54) is 30.5 Å². The van der Waals surface area contributed by atoms with Crippen LogP contribution in [-0.4, -0.2) is 37.7 Å². The maximum atomic E-state index is 13.1. The molecule has 2 aromatic rings. The first-order valence-corrected chi connectivity index (χ1v) is 9.37. The number of hydrogen-bond acceptors (Lipinski definition) is 3. The van der Waals surface area contributed by atoms with E-state index in [0.717, 1.165) is 23.8 Å². The summed E-state index contributed by atoms with van der Waals surface area (Å²) in [5.41, 5.74) is 1.35. The van der Waals surface area contributed by atoms with Crippen LogP contribution in [-0.2, 0) is 6.42 Å². The lowest BCUT2D eigenvalue weighted by molar-refractivity contribution is -0.0788. The quantitative estimate of drug-likeness (QED) is 0.776. The second-order valence-electron chi connectivity index (χ2n) is 7.60. The molecule has 2 aliphatic heterocycles. The van der Waals surface area contributed by atoms with Crippen molar-refractivity contribution >= 4 is 0 Å². The fourth-order valence-electron chi connectivity index (χ4n) is 4.49. The molecule has 3 nitrogen and oxygen atoms in total. The molecule has 1 saturated carbocycles. The highest BCUT2D eigenvalue weighted by Gasteiger charge is 2.48. The van der Waals surface area contributed by atoms with Gasteiger partial charge in [-0.1, -0.05) is 12.1 Å². The van der Waals surface area contributed by atoms with Crippen molar-refractivity contribution in [2.75, 3.05) is 20.8 Å². The van der Waals surface area contributed by atoms with E-state index in [1.54, 1.807) is 19.2 Å². The Labute approximate surface area is 154 Å². The van der Waals surface area contributed by atoms with Crippen molar-refractivity contribution in [3.63, 3.8) is 0 Å². The molecule has 3 aliphatic rings. The summed E-state index contributed by atoms with van der Waals surface area (Å²) in [4.78, 5) is 2.50. The second-order valence-corrected chi connectivity index (χ2v) is 7.60. The number of ether oxygens (including phenoxy) is 2. The van der Waals surface area contributed by atoms with Crippen LogP contribution < -0.4 is 9.47 Å². The molecule has 0 radical (unpaired) electrons. The third-order valence-electron chi connectivity index (χ3n) is 6.21. The van der Waals surface area contributed by atoms with Crippen molar-refractivity contribution in [2.45, 2.75) is 31.3 Å². The maximum Gasteiger partial charge on any atom is 0.123 e. The standard InChI is InChI=1S/C22H26FNO2/c1-24-18-12-16(13-18)21(11-15-3-7-19(25-2)8-4-15)22(24)14-26-20-9-5-17(23)6-10-20/h3-10,16,18,21-22H,11-14H2,1-2H3/t16?,18?,21-,22+/m0/s1. The third-order valence-corrected chi connectivity index (χ3v) is 6.21. The lowest BCUT2D eigenvalue weighted by Crippen LogP contribution is -2.62. The maximum absolute atomic E-state index is 13.1. The average Bonchev–Trinajstić information content (AvgIpc) is 2.62. The van der Waals surface area contributed by atoms with E-state index >= 15 is 0 Å². The predicted octanol–water partition coefficient (Wildman–Crippen LogP) is 4.16. The first kappa shape index (κ1) is 17.3. The van der Waals surface area contributed by atoms with Gasteiger partial charge in [0.2, 0.25) is 0 Å². The molecule has 26 heavy (non-hydrogen) atoms. The number of likely N-dealkylation sites (N-methyl/N-ethyl adjacent to an activating group) is 1. The lowest BCUT2D eigenvalue weighted by Gasteiger charge is -2.57. The van der Waals surface area contributed by atoms with E-state index in [4.69, 9.17) is 9.47 Å². The van der Waals surface area contributed by atoms with Gasteiger partial charge in [-0.15, -0.1) is 0 Å². The Kier molecular flexibility index (Phi) is 4.86. The smallest absolute Gasteiger partial charge is 0.123 e. The average molecular weight is 355 g/mol. The monoisotopic (exact) mass is 355 g/mol. The lowest BCUT2D eigenvalue weighted by atomic mass is 9.63. The number of rotatable bonds is 6. The summed E-state index contributed by atoms with van der Waals surface area (Å²) in [5.74, 6) is 2.77. The van der Waals surface area contributed by atoms with Crippen molar-refractivity contribution in [2.24, 2.45) is 11.8 Å². The van der Waals surface area contributed by atoms with Crippen LogP contribution in [0.25, 0.3) is 0 Å². The highest BCUT2D eigenvalue weighted by molar-refractivity contribution is 5.28. The molecule has 0 N–H and O–H groups in total. The number of fused-ring (bicyclic) bond motifs is 2. The van der Waals surface area contributed by atoms with E-state index in [0.29, 0.717) is 24.6 Å². The first-order chi connectivity index (χ1) is 12.6. The van der Waals surface area contributed by atoms with Gasteiger partial charge in [0.25, 0.3) is 0 Å². The van der Waals surface area contributed by atoms with Gasteiger partial charge in [-0.25, -0.2) is 4.39 Å². The normalized spacial score (nSPS) is 27.7. The second kappa shape index (κ2) is 7.28. The summed E-state index contributed by atoms with van der Waals surface area (Å²) in [6.45, 7) is 0.649. The van der Waals surface area contributed by atoms with Crippen LogP contribution in [0.1, 0.15) is 18.4 Å². The molecule has 4 heteroatoms. The van der Waals surface area contributed by atoms with Gasteiger partial charge in [0.1, 0.15) is 23.9 Å². The molecule has 2 heterocycles. The summed E-state index contributed by atoms with van der Waals surface area (Å²) >= 11 is 0. The van der Waals surface area contributed by atoms with Crippen molar-refractivity contribution < 1.29 is 13.9 Å². The number of methoxy groups -OCH3 is 1. The van der Waals surface area contributed by atoms with Gasteiger partial charge in [-0.2, -0.15) is 0 Å². The molecule has 0 unspecified atom stereocenters. The molecule has 3 fully saturated rings. The molecule has 5 rings (SSSR count). The Morgan fingerprint density at radius 3 is 2.31 bits per heavy atom. The molecule has 1 aliphatic carbocycles. The van der Waals surface area contributed by atoms with Gasteiger partial charge in [-0.3, -0.25) is 4.90 Å². The molecule has 2 atom stereocenters. The van der Waals surface area contributed by atoms with Crippen molar-refractivity contribution in [1.29, 1.82) is 0 Å². The van der Waals surface area contributed by atoms with Gasteiger partial charge in [-0.05, 0) is 80.1 Å². The van der Waals surface area contributed by atoms with Crippen molar-refractivity contribution in [1.82, 2.24) is 4.90 Å². The van der Waals surface area contributed by atoms with Crippen LogP contribution in [0.2, 0.25) is 0 Å². The van der Waals surface area contributed by atoms with E-state index in [1.807, 2.05) is 12.1 Å². The summed E-state index contributed by atoms with van der Waals surface area (Å²) in [6, 6.07) is 15.8. The van der Waals surface area contributed by atoms with Crippen LogP contribution >= 0.6 is 0 Å². The zero-order valence-electron chi connectivity index (χ0n) is 15.4. The van der Waals surface area contributed by atoms with Crippen LogP contribution in [0.15, 0.2) is 48.5 Å². The number of piperidine rings is 2. The number of halogens is 1. The van der Waals surface area contributed by atoms with Gasteiger partial charge >= 0.3 is 0 Å². The molecule has 2 aromatic carbocycles. The Morgan fingerprint density at radius 2 is 1.65 bits per heavy atom. The minimum Gasteiger partial charge on any atom is -0.497 e. The Balaban J connectivity index is 1.45. The fourth-order valence-corrected chi connectivity index (χ4v) is 4.49. The number of nitrogens with zero attached hydrogens (tertiary/aromatic N) is 1. The minimum absolute atomic E-state index is 0.231. The molecular formula is C22H26FNO2.